The van der Waals surface area contributed by atoms with Gasteiger partial charge in [0.05, 0.1) is 19.2 Å². The van der Waals surface area contributed by atoms with E-state index >= 15 is 0 Å². The Morgan fingerprint density at radius 3 is 3.07 bits per heavy atom. The van der Waals surface area contributed by atoms with E-state index in [1.165, 1.54) is 7.11 Å². The van der Waals surface area contributed by atoms with Crippen molar-refractivity contribution in [2.75, 3.05) is 7.11 Å². The van der Waals surface area contributed by atoms with Crippen molar-refractivity contribution < 1.29 is 9.53 Å². The maximum Gasteiger partial charge on any atom is 0.309 e. The molecule has 0 saturated heterocycles. The van der Waals surface area contributed by atoms with Crippen LogP contribution in [0.2, 0.25) is 5.15 Å². The van der Waals surface area contributed by atoms with Crippen LogP contribution in [-0.4, -0.2) is 18.1 Å². The minimum Gasteiger partial charge on any atom is -0.469 e. The van der Waals surface area contributed by atoms with Gasteiger partial charge < -0.3 is 4.74 Å². The summed E-state index contributed by atoms with van der Waals surface area (Å²) in [6.45, 7) is 0. The standard InChI is InChI=1S/C10H10ClNO2/c1-14-10(13)7-3-5-8-4-2-6-9(11)12-8/h2-6H,7H2,1H3. The lowest BCUT2D eigenvalue weighted by atomic mass is 10.3. The zero-order valence-electron chi connectivity index (χ0n) is 7.74. The molecule has 0 aliphatic carbocycles. The second-order valence-electron chi connectivity index (χ2n) is 2.57. The van der Waals surface area contributed by atoms with E-state index in [0.29, 0.717) is 5.15 Å². The van der Waals surface area contributed by atoms with Gasteiger partial charge in [0.2, 0.25) is 0 Å². The highest BCUT2D eigenvalue weighted by atomic mass is 35.5. The first kappa shape index (κ1) is 10.7. The summed E-state index contributed by atoms with van der Waals surface area (Å²) < 4.78 is 4.48. The third kappa shape index (κ3) is 3.58. The zero-order valence-corrected chi connectivity index (χ0v) is 8.49. The molecule has 1 aromatic heterocycles. The minimum absolute atomic E-state index is 0.241. The summed E-state index contributed by atoms with van der Waals surface area (Å²) in [7, 11) is 1.35. The number of hydrogen-bond donors (Lipinski definition) is 0. The number of ether oxygens (including phenoxy) is 1. The Kier molecular flexibility index (Phi) is 4.13. The normalized spacial score (nSPS) is 10.4. The summed E-state index contributed by atoms with van der Waals surface area (Å²) >= 11 is 5.68. The van der Waals surface area contributed by atoms with Crippen LogP contribution in [0.4, 0.5) is 0 Å². The molecule has 1 rings (SSSR count). The van der Waals surface area contributed by atoms with Crippen LogP contribution < -0.4 is 0 Å². The van der Waals surface area contributed by atoms with Gasteiger partial charge in [-0.05, 0) is 18.2 Å². The Morgan fingerprint density at radius 2 is 2.43 bits per heavy atom. The van der Waals surface area contributed by atoms with Crippen molar-refractivity contribution in [1.82, 2.24) is 4.98 Å². The largest absolute Gasteiger partial charge is 0.469 e. The summed E-state index contributed by atoms with van der Waals surface area (Å²) in [6.07, 6.45) is 3.65. The first-order valence-electron chi connectivity index (χ1n) is 4.08. The maximum absolute atomic E-state index is 10.7. The van der Waals surface area contributed by atoms with Gasteiger partial charge in [-0.2, -0.15) is 0 Å². The Bertz CT molecular complexity index is 350. The monoisotopic (exact) mass is 211 g/mol. The Morgan fingerprint density at radius 1 is 1.64 bits per heavy atom. The molecule has 1 heterocycles. The first-order chi connectivity index (χ1) is 6.72. The molecular formula is C10H10ClNO2. The summed E-state index contributed by atoms with van der Waals surface area (Å²) in [4.78, 5) is 14.8. The Labute approximate surface area is 87.4 Å². The molecule has 0 fully saturated rings. The van der Waals surface area contributed by atoms with E-state index in [-0.39, 0.29) is 12.4 Å². The molecule has 0 spiro atoms. The number of pyridine rings is 1. The molecule has 0 aliphatic rings. The highest BCUT2D eigenvalue weighted by Crippen LogP contribution is 2.06. The van der Waals surface area contributed by atoms with Crippen molar-refractivity contribution in [2.24, 2.45) is 0 Å². The van der Waals surface area contributed by atoms with Crippen molar-refractivity contribution in [2.45, 2.75) is 6.42 Å². The summed E-state index contributed by atoms with van der Waals surface area (Å²) in [5.74, 6) is -0.275. The van der Waals surface area contributed by atoms with Crippen molar-refractivity contribution in [1.29, 1.82) is 0 Å². The van der Waals surface area contributed by atoms with Crippen LogP contribution in [0.25, 0.3) is 6.08 Å². The van der Waals surface area contributed by atoms with Crippen molar-refractivity contribution in [3.8, 4) is 0 Å². The minimum atomic E-state index is -0.275. The molecule has 0 amide bonds. The molecule has 0 N–H and O–H groups in total. The van der Waals surface area contributed by atoms with Crippen LogP contribution >= 0.6 is 11.6 Å². The van der Waals surface area contributed by atoms with Gasteiger partial charge >= 0.3 is 5.97 Å². The van der Waals surface area contributed by atoms with Gasteiger partial charge in [-0.15, -0.1) is 0 Å². The molecule has 0 saturated carbocycles. The predicted octanol–water partition coefficient (Wildman–Crippen LogP) is 2.31. The molecular weight excluding hydrogens is 202 g/mol. The van der Waals surface area contributed by atoms with E-state index in [4.69, 9.17) is 11.6 Å². The molecule has 1 aromatic rings. The molecule has 4 heteroatoms. The molecule has 0 bridgehead atoms. The fourth-order valence-electron chi connectivity index (χ4n) is 0.876. The third-order valence-electron chi connectivity index (χ3n) is 1.54. The average molecular weight is 212 g/mol. The fourth-order valence-corrected chi connectivity index (χ4v) is 1.05. The van der Waals surface area contributed by atoms with E-state index in [0.717, 1.165) is 5.69 Å². The number of rotatable bonds is 3. The molecule has 74 valence electrons. The van der Waals surface area contributed by atoms with Gasteiger partial charge in [0.15, 0.2) is 0 Å². The van der Waals surface area contributed by atoms with Crippen molar-refractivity contribution in [3.63, 3.8) is 0 Å². The van der Waals surface area contributed by atoms with Gasteiger partial charge in [0, 0.05) is 0 Å². The van der Waals surface area contributed by atoms with Crippen LogP contribution in [0.1, 0.15) is 12.1 Å². The van der Waals surface area contributed by atoms with E-state index in [1.807, 2.05) is 0 Å². The van der Waals surface area contributed by atoms with Crippen LogP contribution in [0.5, 0.6) is 0 Å². The molecule has 0 aliphatic heterocycles. The van der Waals surface area contributed by atoms with Gasteiger partial charge in [-0.1, -0.05) is 23.7 Å². The maximum atomic E-state index is 10.7. The fraction of sp³-hybridized carbons (Fsp3) is 0.200. The number of aromatic nitrogens is 1. The van der Waals surface area contributed by atoms with E-state index in [9.17, 15) is 4.79 Å². The van der Waals surface area contributed by atoms with Gasteiger partial charge in [-0.25, -0.2) is 4.98 Å². The SMILES string of the molecule is COC(=O)CC=Cc1cccc(Cl)n1. The lowest BCUT2D eigenvalue weighted by Gasteiger charge is -1.94. The van der Waals surface area contributed by atoms with Crippen LogP contribution in [0, 0.1) is 0 Å². The van der Waals surface area contributed by atoms with Gasteiger partial charge in [0.1, 0.15) is 5.15 Å². The second kappa shape index (κ2) is 5.40. The quantitative estimate of drug-likeness (QED) is 0.569. The highest BCUT2D eigenvalue weighted by Gasteiger charge is 1.94. The Balaban J connectivity index is 2.56. The number of esters is 1. The summed E-state index contributed by atoms with van der Waals surface area (Å²) in [5.41, 5.74) is 0.724. The molecule has 0 unspecified atom stereocenters. The lowest BCUT2D eigenvalue weighted by Crippen LogP contribution is -1.96. The van der Waals surface area contributed by atoms with E-state index < -0.39 is 0 Å². The Hall–Kier alpha value is -1.35. The van der Waals surface area contributed by atoms with Crippen molar-refractivity contribution >= 4 is 23.6 Å². The van der Waals surface area contributed by atoms with Gasteiger partial charge in [0.25, 0.3) is 0 Å². The smallest absolute Gasteiger partial charge is 0.309 e. The summed E-state index contributed by atoms with van der Waals surface area (Å²) in [5, 5.41) is 0.435. The zero-order chi connectivity index (χ0) is 10.4. The predicted molar refractivity (Wildman–Crippen MR) is 54.9 cm³/mol. The number of methoxy groups -OCH3 is 1. The topological polar surface area (TPSA) is 39.2 Å². The number of nitrogens with zero attached hydrogens (tertiary/aromatic N) is 1. The molecule has 0 radical (unpaired) electrons. The van der Waals surface area contributed by atoms with Gasteiger partial charge in [-0.3, -0.25) is 4.79 Å². The number of hydrogen-bond acceptors (Lipinski definition) is 3. The first-order valence-corrected chi connectivity index (χ1v) is 4.46. The van der Waals surface area contributed by atoms with Crippen LogP contribution in [0.15, 0.2) is 24.3 Å². The van der Waals surface area contributed by atoms with Crippen LogP contribution in [-0.2, 0) is 9.53 Å². The van der Waals surface area contributed by atoms with E-state index in [1.54, 1.807) is 30.4 Å². The number of carbonyl (C=O) groups excluding carboxylic acids is 1. The molecule has 3 nitrogen and oxygen atoms in total. The summed E-state index contributed by atoms with van der Waals surface area (Å²) in [6, 6.07) is 5.30. The molecule has 14 heavy (non-hydrogen) atoms. The third-order valence-corrected chi connectivity index (χ3v) is 1.75. The van der Waals surface area contributed by atoms with Crippen molar-refractivity contribution in [3.05, 3.63) is 35.1 Å². The van der Waals surface area contributed by atoms with Crippen LogP contribution in [0.3, 0.4) is 0 Å². The molecule has 0 atom stereocenters. The highest BCUT2D eigenvalue weighted by molar-refractivity contribution is 6.29. The van der Waals surface area contributed by atoms with E-state index in [2.05, 4.69) is 9.72 Å². The average Bonchev–Trinajstić information content (AvgIpc) is 2.17. The number of halogens is 1. The number of carbonyl (C=O) groups is 1. The molecule has 0 aromatic carbocycles. The second-order valence-corrected chi connectivity index (χ2v) is 2.96. The lowest BCUT2D eigenvalue weighted by molar-refractivity contribution is -0.139.